The minimum atomic E-state index is -0.497. The Morgan fingerprint density at radius 3 is 2.63 bits per heavy atom. The SMILES string of the molecule is N#Cc1c(-c2cccc([N+](=O)[O-])c2)cc(-c2cc3cc(Br)ccc3nc2Cl)nc1N. The molecule has 0 spiro atoms. The predicted octanol–water partition coefficient (Wildman–Crippen LogP) is 5.74. The van der Waals surface area contributed by atoms with Gasteiger partial charge in [0.15, 0.2) is 0 Å². The second kappa shape index (κ2) is 7.71. The molecule has 0 unspecified atom stereocenters. The van der Waals surface area contributed by atoms with E-state index < -0.39 is 4.92 Å². The molecular weight excluding hydrogens is 470 g/mol. The first-order valence-corrected chi connectivity index (χ1v) is 9.76. The number of pyridine rings is 2. The number of nitrogens with two attached hydrogens (primary N) is 1. The molecule has 7 nitrogen and oxygen atoms in total. The van der Waals surface area contributed by atoms with Gasteiger partial charge in [0, 0.05) is 33.1 Å². The molecular formula is C21H11BrClN5O2. The molecule has 0 radical (unpaired) electrons. The van der Waals surface area contributed by atoms with E-state index in [-0.39, 0.29) is 22.2 Å². The van der Waals surface area contributed by atoms with Crippen LogP contribution in [0.25, 0.3) is 33.3 Å². The predicted molar refractivity (Wildman–Crippen MR) is 119 cm³/mol. The summed E-state index contributed by atoms with van der Waals surface area (Å²) < 4.78 is 0.884. The molecule has 4 rings (SSSR count). The number of anilines is 1. The van der Waals surface area contributed by atoms with Gasteiger partial charge in [0.05, 0.1) is 16.1 Å². The highest BCUT2D eigenvalue weighted by molar-refractivity contribution is 9.10. The molecule has 0 atom stereocenters. The molecule has 2 aromatic heterocycles. The first kappa shape index (κ1) is 19.8. The first-order chi connectivity index (χ1) is 14.4. The number of non-ortho nitro benzene ring substituents is 1. The van der Waals surface area contributed by atoms with Gasteiger partial charge in [-0.05, 0) is 35.9 Å². The highest BCUT2D eigenvalue weighted by Crippen LogP contribution is 2.36. The van der Waals surface area contributed by atoms with Crippen LogP contribution in [0, 0.1) is 21.4 Å². The van der Waals surface area contributed by atoms with Gasteiger partial charge < -0.3 is 5.73 Å². The Kier molecular flexibility index (Phi) is 5.08. The number of aromatic nitrogens is 2. The molecule has 0 fully saturated rings. The largest absolute Gasteiger partial charge is 0.383 e. The Morgan fingerprint density at radius 2 is 1.90 bits per heavy atom. The van der Waals surface area contributed by atoms with Gasteiger partial charge in [-0.2, -0.15) is 5.26 Å². The lowest BCUT2D eigenvalue weighted by Gasteiger charge is -2.12. The maximum atomic E-state index is 11.2. The summed E-state index contributed by atoms with van der Waals surface area (Å²) in [5.74, 6) is 0.00177. The lowest BCUT2D eigenvalue weighted by Crippen LogP contribution is -2.01. The smallest absolute Gasteiger partial charge is 0.270 e. The van der Waals surface area contributed by atoms with Crippen LogP contribution in [0.15, 0.2) is 59.1 Å². The number of halogens is 2. The van der Waals surface area contributed by atoms with E-state index in [9.17, 15) is 15.4 Å². The van der Waals surface area contributed by atoms with Crippen LogP contribution in [0.4, 0.5) is 11.5 Å². The van der Waals surface area contributed by atoms with Crippen LogP contribution in [0.5, 0.6) is 0 Å². The van der Waals surface area contributed by atoms with Crippen LogP contribution in [-0.2, 0) is 0 Å². The van der Waals surface area contributed by atoms with E-state index >= 15 is 0 Å². The number of hydrogen-bond acceptors (Lipinski definition) is 6. The molecule has 4 aromatic rings. The van der Waals surface area contributed by atoms with Crippen LogP contribution in [0.3, 0.4) is 0 Å². The number of nitro groups is 1. The van der Waals surface area contributed by atoms with Crippen LogP contribution < -0.4 is 5.73 Å². The van der Waals surface area contributed by atoms with E-state index in [1.807, 2.05) is 30.3 Å². The van der Waals surface area contributed by atoms with Gasteiger partial charge in [-0.25, -0.2) is 9.97 Å². The molecule has 0 aliphatic heterocycles. The van der Waals surface area contributed by atoms with Crippen molar-refractivity contribution >= 4 is 49.9 Å². The number of nitrogen functional groups attached to an aromatic ring is 1. The average Bonchev–Trinajstić information content (AvgIpc) is 2.73. The fraction of sp³-hybridized carbons (Fsp3) is 0. The second-order valence-corrected chi connectivity index (χ2v) is 7.67. The second-order valence-electron chi connectivity index (χ2n) is 6.40. The van der Waals surface area contributed by atoms with Crippen molar-refractivity contribution in [1.82, 2.24) is 9.97 Å². The summed E-state index contributed by atoms with van der Waals surface area (Å²) in [7, 11) is 0. The molecule has 0 bridgehead atoms. The minimum absolute atomic E-state index is 0.00177. The van der Waals surface area contributed by atoms with Crippen molar-refractivity contribution < 1.29 is 4.92 Å². The molecule has 9 heteroatoms. The highest BCUT2D eigenvalue weighted by atomic mass is 79.9. The van der Waals surface area contributed by atoms with E-state index in [1.165, 1.54) is 12.1 Å². The summed E-state index contributed by atoms with van der Waals surface area (Å²) in [4.78, 5) is 19.4. The molecule has 0 aliphatic carbocycles. The minimum Gasteiger partial charge on any atom is -0.383 e. The summed E-state index contributed by atoms with van der Waals surface area (Å²) in [6.45, 7) is 0. The van der Waals surface area contributed by atoms with Gasteiger partial charge in [0.2, 0.25) is 0 Å². The fourth-order valence-electron chi connectivity index (χ4n) is 3.14. The molecule has 2 N–H and O–H groups in total. The first-order valence-electron chi connectivity index (χ1n) is 8.59. The van der Waals surface area contributed by atoms with Gasteiger partial charge in [0.25, 0.3) is 5.69 Å². The van der Waals surface area contributed by atoms with Gasteiger partial charge >= 0.3 is 0 Å². The number of fused-ring (bicyclic) bond motifs is 1. The summed E-state index contributed by atoms with van der Waals surface area (Å²) in [6.07, 6.45) is 0. The summed E-state index contributed by atoms with van der Waals surface area (Å²) in [5.41, 5.74) is 8.65. The monoisotopic (exact) mass is 479 g/mol. The number of rotatable bonds is 3. The number of hydrogen-bond donors (Lipinski definition) is 1. The van der Waals surface area contributed by atoms with Crippen molar-refractivity contribution in [3.05, 3.63) is 79.9 Å². The molecule has 30 heavy (non-hydrogen) atoms. The van der Waals surface area contributed by atoms with Crippen LogP contribution in [-0.4, -0.2) is 14.9 Å². The van der Waals surface area contributed by atoms with E-state index in [0.717, 1.165) is 9.86 Å². The van der Waals surface area contributed by atoms with Crippen LogP contribution >= 0.6 is 27.5 Å². The standard InChI is InChI=1S/C21H11BrClN5O2/c22-13-4-5-18-12(6-13)8-16(20(23)26-18)19-9-15(17(10-24)21(25)27-19)11-2-1-3-14(7-11)28(29)30/h1-9H,(H2,25,27). The third-order valence-electron chi connectivity index (χ3n) is 4.53. The number of benzene rings is 2. The molecule has 0 amide bonds. The third kappa shape index (κ3) is 3.56. The molecule has 0 saturated heterocycles. The van der Waals surface area contributed by atoms with Crippen molar-refractivity contribution in [2.24, 2.45) is 0 Å². The molecule has 146 valence electrons. The van der Waals surface area contributed by atoms with Crippen molar-refractivity contribution in [1.29, 1.82) is 5.26 Å². The Morgan fingerprint density at radius 1 is 1.10 bits per heavy atom. The van der Waals surface area contributed by atoms with Crippen molar-refractivity contribution in [3.63, 3.8) is 0 Å². The third-order valence-corrected chi connectivity index (χ3v) is 5.31. The molecule has 2 heterocycles. The quantitative estimate of drug-likeness (QED) is 0.227. The van der Waals surface area contributed by atoms with Crippen LogP contribution in [0.2, 0.25) is 5.15 Å². The maximum absolute atomic E-state index is 11.2. The molecule has 0 saturated carbocycles. The molecule has 2 aromatic carbocycles. The fourth-order valence-corrected chi connectivity index (χ4v) is 3.76. The van der Waals surface area contributed by atoms with E-state index in [1.54, 1.807) is 18.2 Å². The summed E-state index contributed by atoms with van der Waals surface area (Å²) in [6, 6.07) is 17.1. The Labute approximate surface area is 184 Å². The van der Waals surface area contributed by atoms with Gasteiger partial charge in [-0.1, -0.05) is 39.7 Å². The molecule has 0 aliphatic rings. The zero-order valence-electron chi connectivity index (χ0n) is 15.1. The number of nitro benzene ring substituents is 1. The van der Waals surface area contributed by atoms with Gasteiger partial charge in [-0.15, -0.1) is 0 Å². The zero-order valence-corrected chi connectivity index (χ0v) is 17.5. The lowest BCUT2D eigenvalue weighted by atomic mass is 9.98. The topological polar surface area (TPSA) is 119 Å². The van der Waals surface area contributed by atoms with Crippen molar-refractivity contribution in [2.75, 3.05) is 5.73 Å². The summed E-state index contributed by atoms with van der Waals surface area (Å²) in [5, 5.41) is 21.8. The van der Waals surface area contributed by atoms with Crippen molar-refractivity contribution in [2.45, 2.75) is 0 Å². The van der Waals surface area contributed by atoms with Gasteiger partial charge in [0.1, 0.15) is 22.6 Å². The van der Waals surface area contributed by atoms with E-state index in [4.69, 9.17) is 17.3 Å². The van der Waals surface area contributed by atoms with E-state index in [0.29, 0.717) is 27.9 Å². The Bertz CT molecular complexity index is 1380. The van der Waals surface area contributed by atoms with E-state index in [2.05, 4.69) is 25.9 Å². The average molecular weight is 481 g/mol. The highest BCUT2D eigenvalue weighted by Gasteiger charge is 2.18. The van der Waals surface area contributed by atoms with Crippen LogP contribution in [0.1, 0.15) is 5.56 Å². The van der Waals surface area contributed by atoms with Gasteiger partial charge in [-0.3, -0.25) is 10.1 Å². The zero-order chi connectivity index (χ0) is 21.4. The Balaban J connectivity index is 1.96. The number of nitriles is 1. The maximum Gasteiger partial charge on any atom is 0.270 e. The Hall–Kier alpha value is -3.54. The summed E-state index contributed by atoms with van der Waals surface area (Å²) >= 11 is 9.85. The van der Waals surface area contributed by atoms with Crippen molar-refractivity contribution in [3.8, 4) is 28.5 Å². The normalized spacial score (nSPS) is 10.7. The lowest BCUT2D eigenvalue weighted by molar-refractivity contribution is -0.384. The number of nitrogens with zero attached hydrogens (tertiary/aromatic N) is 4.